The second-order valence-corrected chi connectivity index (χ2v) is 5.15. The summed E-state index contributed by atoms with van der Waals surface area (Å²) in [6.45, 7) is 7.34. The summed E-state index contributed by atoms with van der Waals surface area (Å²) in [5.41, 5.74) is 11.2. The van der Waals surface area contributed by atoms with Gasteiger partial charge in [0.1, 0.15) is 0 Å². The van der Waals surface area contributed by atoms with Crippen molar-refractivity contribution in [2.45, 2.75) is 33.2 Å². The molecule has 0 aliphatic rings. The molecular formula is C18H24N2. The van der Waals surface area contributed by atoms with Crippen molar-refractivity contribution in [2.75, 3.05) is 11.4 Å². The van der Waals surface area contributed by atoms with E-state index >= 15 is 0 Å². The highest BCUT2D eigenvalue weighted by Crippen LogP contribution is 2.32. The van der Waals surface area contributed by atoms with E-state index < -0.39 is 0 Å². The van der Waals surface area contributed by atoms with Crippen molar-refractivity contribution in [2.24, 2.45) is 5.73 Å². The van der Waals surface area contributed by atoms with E-state index in [2.05, 4.69) is 74.2 Å². The molecule has 2 aromatic carbocycles. The maximum atomic E-state index is 6.26. The first-order valence-electron chi connectivity index (χ1n) is 7.36. The lowest BCUT2D eigenvalue weighted by molar-refractivity contribution is 0.697. The predicted octanol–water partition coefficient (Wildman–Crippen LogP) is 4.56. The normalized spacial score (nSPS) is 12.2. The fourth-order valence-corrected chi connectivity index (χ4v) is 2.48. The highest BCUT2D eigenvalue weighted by atomic mass is 15.1. The van der Waals surface area contributed by atoms with E-state index in [0.29, 0.717) is 0 Å². The average Bonchev–Trinajstić information content (AvgIpc) is 2.49. The number of para-hydroxylation sites is 1. The average molecular weight is 268 g/mol. The minimum atomic E-state index is 0.0886. The standard InChI is InChI=1S/C18H24N2/c1-4-17(19)16-8-6-7-9-18(16)20(5-2)15-12-10-14(3)11-13-15/h6-13,17H,4-5,19H2,1-3H3/t17-/m0/s1. The second-order valence-electron chi connectivity index (χ2n) is 5.15. The summed E-state index contributed by atoms with van der Waals surface area (Å²) in [7, 11) is 0. The van der Waals surface area contributed by atoms with Crippen LogP contribution in [0.4, 0.5) is 11.4 Å². The first-order chi connectivity index (χ1) is 9.67. The van der Waals surface area contributed by atoms with Crippen molar-refractivity contribution >= 4 is 11.4 Å². The van der Waals surface area contributed by atoms with Crippen LogP contribution in [-0.4, -0.2) is 6.54 Å². The molecule has 2 N–H and O–H groups in total. The third kappa shape index (κ3) is 3.02. The van der Waals surface area contributed by atoms with Gasteiger partial charge in [-0.3, -0.25) is 0 Å². The number of aryl methyl sites for hydroxylation is 1. The van der Waals surface area contributed by atoms with Crippen LogP contribution in [0, 0.1) is 6.92 Å². The molecule has 0 saturated heterocycles. The molecular weight excluding hydrogens is 244 g/mol. The van der Waals surface area contributed by atoms with E-state index in [4.69, 9.17) is 5.73 Å². The number of benzene rings is 2. The Labute approximate surface area is 122 Å². The van der Waals surface area contributed by atoms with Gasteiger partial charge in [-0.05, 0) is 44.0 Å². The van der Waals surface area contributed by atoms with Crippen molar-refractivity contribution in [3.05, 3.63) is 59.7 Å². The van der Waals surface area contributed by atoms with Crippen LogP contribution >= 0.6 is 0 Å². The van der Waals surface area contributed by atoms with Crippen LogP contribution in [0.3, 0.4) is 0 Å². The van der Waals surface area contributed by atoms with Gasteiger partial charge in [0.2, 0.25) is 0 Å². The molecule has 0 aliphatic heterocycles. The van der Waals surface area contributed by atoms with Gasteiger partial charge in [-0.15, -0.1) is 0 Å². The van der Waals surface area contributed by atoms with Crippen molar-refractivity contribution < 1.29 is 0 Å². The largest absolute Gasteiger partial charge is 0.341 e. The van der Waals surface area contributed by atoms with E-state index in [1.165, 1.54) is 22.5 Å². The minimum Gasteiger partial charge on any atom is -0.341 e. The van der Waals surface area contributed by atoms with E-state index in [1.54, 1.807) is 0 Å². The Morgan fingerprint density at radius 1 is 1.00 bits per heavy atom. The molecule has 0 unspecified atom stereocenters. The zero-order valence-electron chi connectivity index (χ0n) is 12.6. The van der Waals surface area contributed by atoms with Gasteiger partial charge in [0.15, 0.2) is 0 Å². The maximum Gasteiger partial charge on any atom is 0.0459 e. The molecule has 20 heavy (non-hydrogen) atoms. The Morgan fingerprint density at radius 2 is 1.65 bits per heavy atom. The van der Waals surface area contributed by atoms with Gasteiger partial charge < -0.3 is 10.6 Å². The third-order valence-electron chi connectivity index (χ3n) is 3.73. The zero-order valence-corrected chi connectivity index (χ0v) is 12.6. The van der Waals surface area contributed by atoms with Gasteiger partial charge in [-0.25, -0.2) is 0 Å². The first-order valence-corrected chi connectivity index (χ1v) is 7.36. The molecule has 2 rings (SSSR count). The van der Waals surface area contributed by atoms with Crippen LogP contribution in [0.5, 0.6) is 0 Å². The summed E-state index contributed by atoms with van der Waals surface area (Å²) in [5.74, 6) is 0. The van der Waals surface area contributed by atoms with Gasteiger partial charge >= 0.3 is 0 Å². The summed E-state index contributed by atoms with van der Waals surface area (Å²) in [5, 5.41) is 0. The lowest BCUT2D eigenvalue weighted by atomic mass is 10.0. The molecule has 106 valence electrons. The van der Waals surface area contributed by atoms with Gasteiger partial charge in [0, 0.05) is 24.0 Å². The molecule has 0 aromatic heterocycles. The highest BCUT2D eigenvalue weighted by Gasteiger charge is 2.14. The molecule has 2 nitrogen and oxygen atoms in total. The fraction of sp³-hybridized carbons (Fsp3) is 0.333. The summed E-state index contributed by atoms with van der Waals surface area (Å²) in [4.78, 5) is 2.32. The molecule has 0 amide bonds. The summed E-state index contributed by atoms with van der Waals surface area (Å²) < 4.78 is 0. The Morgan fingerprint density at radius 3 is 2.25 bits per heavy atom. The number of rotatable bonds is 5. The smallest absolute Gasteiger partial charge is 0.0459 e. The molecule has 2 aromatic rings. The summed E-state index contributed by atoms with van der Waals surface area (Å²) >= 11 is 0. The molecule has 2 heteroatoms. The topological polar surface area (TPSA) is 29.3 Å². The van der Waals surface area contributed by atoms with Crippen LogP contribution < -0.4 is 10.6 Å². The zero-order chi connectivity index (χ0) is 14.5. The first kappa shape index (κ1) is 14.6. The summed E-state index contributed by atoms with van der Waals surface area (Å²) in [6.07, 6.45) is 0.947. The third-order valence-corrected chi connectivity index (χ3v) is 3.73. The number of hydrogen-bond donors (Lipinski definition) is 1. The van der Waals surface area contributed by atoms with Gasteiger partial charge in [-0.1, -0.05) is 42.8 Å². The Hall–Kier alpha value is -1.80. The quantitative estimate of drug-likeness (QED) is 0.861. The summed E-state index contributed by atoms with van der Waals surface area (Å²) in [6, 6.07) is 17.2. The molecule has 0 bridgehead atoms. The Balaban J connectivity index is 2.44. The maximum absolute atomic E-state index is 6.26. The van der Waals surface area contributed by atoms with Crippen LogP contribution in [0.25, 0.3) is 0 Å². The van der Waals surface area contributed by atoms with Crippen molar-refractivity contribution in [1.29, 1.82) is 0 Å². The van der Waals surface area contributed by atoms with Gasteiger partial charge in [0.05, 0.1) is 0 Å². The van der Waals surface area contributed by atoms with Gasteiger partial charge in [0.25, 0.3) is 0 Å². The van der Waals surface area contributed by atoms with Crippen molar-refractivity contribution in [1.82, 2.24) is 0 Å². The van der Waals surface area contributed by atoms with Crippen molar-refractivity contribution in [3.63, 3.8) is 0 Å². The van der Waals surface area contributed by atoms with Crippen LogP contribution in [-0.2, 0) is 0 Å². The number of nitrogens with two attached hydrogens (primary N) is 1. The van der Waals surface area contributed by atoms with E-state index in [9.17, 15) is 0 Å². The lowest BCUT2D eigenvalue weighted by Gasteiger charge is -2.27. The van der Waals surface area contributed by atoms with E-state index in [-0.39, 0.29) is 6.04 Å². The number of hydrogen-bond acceptors (Lipinski definition) is 2. The van der Waals surface area contributed by atoms with Gasteiger partial charge in [-0.2, -0.15) is 0 Å². The molecule has 0 saturated carbocycles. The minimum absolute atomic E-state index is 0.0886. The van der Waals surface area contributed by atoms with Crippen LogP contribution in [0.1, 0.15) is 37.4 Å². The predicted molar refractivity (Wildman–Crippen MR) is 87.5 cm³/mol. The molecule has 0 aliphatic carbocycles. The van der Waals surface area contributed by atoms with E-state index in [1.807, 2.05) is 0 Å². The Kier molecular flexibility index (Phi) is 4.80. The molecule has 0 spiro atoms. The van der Waals surface area contributed by atoms with Crippen LogP contribution in [0.2, 0.25) is 0 Å². The Bertz CT molecular complexity index is 546. The SMILES string of the molecule is CC[C@H](N)c1ccccc1N(CC)c1ccc(C)cc1. The lowest BCUT2D eigenvalue weighted by Crippen LogP contribution is -2.20. The van der Waals surface area contributed by atoms with Crippen molar-refractivity contribution in [3.8, 4) is 0 Å². The number of nitrogens with zero attached hydrogens (tertiary/aromatic N) is 1. The fourth-order valence-electron chi connectivity index (χ4n) is 2.48. The molecule has 0 heterocycles. The van der Waals surface area contributed by atoms with E-state index in [0.717, 1.165) is 13.0 Å². The highest BCUT2D eigenvalue weighted by molar-refractivity contribution is 5.67. The second kappa shape index (κ2) is 6.58. The molecule has 1 atom stereocenters. The monoisotopic (exact) mass is 268 g/mol. The molecule has 0 fully saturated rings. The molecule has 0 radical (unpaired) electrons. The van der Waals surface area contributed by atoms with Crippen LogP contribution in [0.15, 0.2) is 48.5 Å². The number of anilines is 2.